The zero-order chi connectivity index (χ0) is 17.7. The highest BCUT2D eigenvalue weighted by atomic mass is 19.4. The van der Waals surface area contributed by atoms with Gasteiger partial charge in [-0.05, 0) is 31.9 Å². The summed E-state index contributed by atoms with van der Waals surface area (Å²) in [5.41, 5.74) is 1.45. The van der Waals surface area contributed by atoms with E-state index in [2.05, 4.69) is 5.32 Å². The smallest absolute Gasteiger partial charge is 0.352 e. The van der Waals surface area contributed by atoms with E-state index in [9.17, 15) is 22.8 Å². The summed E-state index contributed by atoms with van der Waals surface area (Å²) in [6, 6.07) is 7.03. The van der Waals surface area contributed by atoms with Crippen molar-refractivity contribution < 1.29 is 22.8 Å². The van der Waals surface area contributed by atoms with Crippen molar-refractivity contribution in [3.63, 3.8) is 0 Å². The largest absolute Gasteiger partial charge is 0.393 e. The fraction of sp³-hybridized carbons (Fsp3) is 0.529. The van der Waals surface area contributed by atoms with Crippen molar-refractivity contribution in [2.45, 2.75) is 32.4 Å². The van der Waals surface area contributed by atoms with Gasteiger partial charge in [-0.3, -0.25) is 9.59 Å². The number of rotatable bonds is 4. The van der Waals surface area contributed by atoms with Crippen LogP contribution in [0, 0.1) is 12.8 Å². The average molecular weight is 342 g/mol. The maximum atomic E-state index is 12.8. The fourth-order valence-electron chi connectivity index (χ4n) is 2.80. The predicted molar refractivity (Wildman–Crippen MR) is 83.5 cm³/mol. The number of likely N-dealkylation sites (tertiary alicyclic amines) is 1. The average Bonchev–Trinajstić information content (AvgIpc) is 2.54. The molecule has 2 rings (SSSR count). The van der Waals surface area contributed by atoms with Crippen LogP contribution in [0.2, 0.25) is 0 Å². The molecule has 0 saturated carbocycles. The first kappa shape index (κ1) is 18.3. The molecule has 0 bridgehead atoms. The third-order valence-corrected chi connectivity index (χ3v) is 4.14. The van der Waals surface area contributed by atoms with Crippen LogP contribution < -0.4 is 5.32 Å². The highest BCUT2D eigenvalue weighted by Gasteiger charge is 2.42. The van der Waals surface area contributed by atoms with Crippen molar-refractivity contribution in [1.29, 1.82) is 0 Å². The Labute approximate surface area is 139 Å². The van der Waals surface area contributed by atoms with Gasteiger partial charge in [0, 0.05) is 31.6 Å². The number of hydrogen-bond donors (Lipinski definition) is 1. The maximum absolute atomic E-state index is 12.8. The molecule has 7 heteroatoms. The Kier molecular flexibility index (Phi) is 5.85. The summed E-state index contributed by atoms with van der Waals surface area (Å²) in [5, 5.41) is 2.63. The highest BCUT2D eigenvalue weighted by molar-refractivity contribution is 5.94. The number of aryl methyl sites for hydroxylation is 1. The van der Waals surface area contributed by atoms with E-state index >= 15 is 0 Å². The van der Waals surface area contributed by atoms with Gasteiger partial charge in [0.2, 0.25) is 5.91 Å². The van der Waals surface area contributed by atoms with E-state index in [1.54, 1.807) is 18.2 Å². The number of nitrogens with one attached hydrogen (secondary N) is 1. The van der Waals surface area contributed by atoms with E-state index in [1.165, 1.54) is 4.90 Å². The summed E-state index contributed by atoms with van der Waals surface area (Å²) in [5.74, 6) is -2.09. The van der Waals surface area contributed by atoms with E-state index in [1.807, 2.05) is 13.0 Å². The molecule has 0 aliphatic carbocycles. The van der Waals surface area contributed by atoms with Gasteiger partial charge in [-0.15, -0.1) is 0 Å². The van der Waals surface area contributed by atoms with E-state index in [0.717, 1.165) is 5.56 Å². The van der Waals surface area contributed by atoms with Crippen LogP contribution in [0.5, 0.6) is 0 Å². The molecule has 0 unspecified atom stereocenters. The fourth-order valence-corrected chi connectivity index (χ4v) is 2.80. The molecule has 0 radical (unpaired) electrons. The molecule has 1 aliphatic heterocycles. The van der Waals surface area contributed by atoms with Gasteiger partial charge in [0.15, 0.2) is 0 Å². The summed E-state index contributed by atoms with van der Waals surface area (Å²) in [6.45, 7) is 2.04. The summed E-state index contributed by atoms with van der Waals surface area (Å²) in [4.78, 5) is 25.3. The quantitative estimate of drug-likeness (QED) is 0.915. The van der Waals surface area contributed by atoms with Gasteiger partial charge in [-0.25, -0.2) is 0 Å². The number of alkyl halides is 3. The number of benzene rings is 1. The van der Waals surface area contributed by atoms with Crippen molar-refractivity contribution in [2.24, 2.45) is 5.92 Å². The van der Waals surface area contributed by atoms with Crippen molar-refractivity contribution in [3.8, 4) is 0 Å². The zero-order valence-corrected chi connectivity index (χ0v) is 13.5. The number of amides is 2. The van der Waals surface area contributed by atoms with E-state index in [-0.39, 0.29) is 37.7 Å². The summed E-state index contributed by atoms with van der Waals surface area (Å²) < 4.78 is 38.3. The van der Waals surface area contributed by atoms with Crippen molar-refractivity contribution in [3.05, 3.63) is 35.4 Å². The first-order valence-corrected chi connectivity index (χ1v) is 7.96. The van der Waals surface area contributed by atoms with Gasteiger partial charge < -0.3 is 10.2 Å². The van der Waals surface area contributed by atoms with Crippen molar-refractivity contribution in [2.75, 3.05) is 19.6 Å². The Morgan fingerprint density at radius 2 is 2.08 bits per heavy atom. The minimum absolute atomic E-state index is 0.00212. The molecule has 1 atom stereocenters. The lowest BCUT2D eigenvalue weighted by Gasteiger charge is -2.33. The molecule has 0 aromatic heterocycles. The molecule has 1 aliphatic rings. The number of piperidine rings is 1. The first-order valence-electron chi connectivity index (χ1n) is 7.96. The lowest BCUT2D eigenvalue weighted by Crippen LogP contribution is -2.45. The van der Waals surface area contributed by atoms with E-state index in [4.69, 9.17) is 0 Å². The normalized spacial score (nSPS) is 18.3. The number of hydrogen-bond acceptors (Lipinski definition) is 2. The number of carbonyl (C=O) groups excluding carboxylic acids is 2. The second-order valence-corrected chi connectivity index (χ2v) is 6.10. The monoisotopic (exact) mass is 342 g/mol. The van der Waals surface area contributed by atoms with Crippen LogP contribution in [0.4, 0.5) is 13.2 Å². The molecule has 1 fully saturated rings. The number of halogens is 3. The van der Waals surface area contributed by atoms with Gasteiger partial charge in [-0.1, -0.05) is 17.7 Å². The molecular weight excluding hydrogens is 321 g/mol. The molecular formula is C17H21F3N2O2. The Balaban J connectivity index is 1.79. The molecule has 1 N–H and O–H groups in total. The summed E-state index contributed by atoms with van der Waals surface area (Å²) in [6.07, 6.45) is -3.84. The molecule has 132 valence electrons. The van der Waals surface area contributed by atoms with Crippen LogP contribution in [-0.2, 0) is 4.79 Å². The predicted octanol–water partition coefficient (Wildman–Crippen LogP) is 2.92. The minimum Gasteiger partial charge on any atom is -0.352 e. The molecule has 0 spiro atoms. The lowest BCUT2D eigenvalue weighted by molar-refractivity contribution is -0.188. The van der Waals surface area contributed by atoms with Gasteiger partial charge >= 0.3 is 6.18 Å². The number of carbonyl (C=O) groups is 2. The third kappa shape index (κ3) is 4.97. The van der Waals surface area contributed by atoms with Crippen LogP contribution in [0.3, 0.4) is 0 Å². The highest BCUT2D eigenvalue weighted by Crippen LogP contribution is 2.33. The van der Waals surface area contributed by atoms with Gasteiger partial charge in [-0.2, -0.15) is 13.2 Å². The third-order valence-electron chi connectivity index (χ3n) is 4.14. The number of nitrogens with zero attached hydrogens (tertiary/aromatic N) is 1. The molecule has 1 aromatic rings. The van der Waals surface area contributed by atoms with Gasteiger partial charge in [0.25, 0.3) is 5.91 Å². The Morgan fingerprint density at radius 3 is 2.75 bits per heavy atom. The second kappa shape index (κ2) is 7.68. The van der Waals surface area contributed by atoms with E-state index in [0.29, 0.717) is 18.5 Å². The lowest BCUT2D eigenvalue weighted by atomic mass is 9.97. The summed E-state index contributed by atoms with van der Waals surface area (Å²) in [7, 11) is 0. The molecule has 24 heavy (non-hydrogen) atoms. The topological polar surface area (TPSA) is 49.4 Å². The molecule has 1 heterocycles. The van der Waals surface area contributed by atoms with Crippen LogP contribution in [0.25, 0.3) is 0 Å². The molecule has 1 aromatic carbocycles. The minimum atomic E-state index is -4.27. The zero-order valence-electron chi connectivity index (χ0n) is 13.5. The summed E-state index contributed by atoms with van der Waals surface area (Å²) >= 11 is 0. The Morgan fingerprint density at radius 1 is 1.33 bits per heavy atom. The molecule has 2 amide bonds. The molecule has 1 saturated heterocycles. The van der Waals surface area contributed by atoms with Crippen molar-refractivity contribution in [1.82, 2.24) is 10.2 Å². The van der Waals surface area contributed by atoms with Gasteiger partial charge in [0.1, 0.15) is 0 Å². The van der Waals surface area contributed by atoms with Gasteiger partial charge in [0.05, 0.1) is 5.92 Å². The SMILES string of the molecule is Cc1cccc(C(=O)NCCC(=O)N2CCC[C@@H](C(F)(F)F)C2)c1. The van der Waals surface area contributed by atoms with Crippen molar-refractivity contribution >= 4 is 11.8 Å². The van der Waals surface area contributed by atoms with Crippen LogP contribution in [0.1, 0.15) is 35.2 Å². The van der Waals surface area contributed by atoms with Crippen LogP contribution in [0.15, 0.2) is 24.3 Å². The Bertz CT molecular complexity index is 602. The van der Waals surface area contributed by atoms with E-state index < -0.39 is 12.1 Å². The van der Waals surface area contributed by atoms with Crippen LogP contribution in [-0.4, -0.2) is 42.5 Å². The standard InChI is InChI=1S/C17H21F3N2O2/c1-12-4-2-5-13(10-12)16(24)21-8-7-15(23)22-9-3-6-14(11-22)17(18,19)20/h2,4-5,10,14H,3,6-9,11H2,1H3,(H,21,24)/t14-/m1/s1. The Hall–Kier alpha value is -2.05. The first-order chi connectivity index (χ1) is 11.3. The maximum Gasteiger partial charge on any atom is 0.393 e. The second-order valence-electron chi connectivity index (χ2n) is 6.10. The van der Waals surface area contributed by atoms with Crippen LogP contribution >= 0.6 is 0 Å². The molecule has 4 nitrogen and oxygen atoms in total.